The average Bonchev–Trinajstić information content (AvgIpc) is 2.91. The molecule has 40 heavy (non-hydrogen) atoms. The van der Waals surface area contributed by atoms with Crippen LogP contribution in [0.3, 0.4) is 0 Å². The Bertz CT molecular complexity index is 1190. The number of carbonyl (C=O) groups is 5. The monoisotopic (exact) mass is 557 g/mol. The molecule has 0 unspecified atom stereocenters. The maximum Gasteiger partial charge on any atom is 0.251 e. The summed E-state index contributed by atoms with van der Waals surface area (Å²) < 4.78 is 13.6. The van der Waals surface area contributed by atoms with Crippen LogP contribution >= 0.6 is 0 Å². The Kier molecular flexibility index (Phi) is 13.6. The van der Waals surface area contributed by atoms with Crippen LogP contribution in [0.2, 0.25) is 0 Å². The van der Waals surface area contributed by atoms with E-state index in [0.717, 1.165) is 12.1 Å². The molecular weight excluding hydrogens is 521 g/mol. The van der Waals surface area contributed by atoms with Gasteiger partial charge in [-0.25, -0.2) is 4.39 Å². The molecule has 5 amide bonds. The minimum absolute atomic E-state index is 0.0130. The molecule has 1 rings (SSSR count). The molecule has 0 heterocycles. The number of rotatable bonds is 15. The number of carbonyl (C=O) groups excluding carboxylic acids is 5. The second-order valence-electron chi connectivity index (χ2n) is 9.12. The number of benzene rings is 1. The van der Waals surface area contributed by atoms with E-state index in [2.05, 4.69) is 27.8 Å². The Hall–Kier alpha value is -4.73. The molecule has 216 valence electrons. The van der Waals surface area contributed by atoms with E-state index in [1.54, 1.807) is 44.9 Å². The van der Waals surface area contributed by atoms with Crippen LogP contribution in [0, 0.1) is 23.1 Å². The Labute approximate surface area is 232 Å². The summed E-state index contributed by atoms with van der Waals surface area (Å²) in [6, 6.07) is 2.92. The first-order chi connectivity index (χ1) is 18.8. The van der Waals surface area contributed by atoms with Crippen molar-refractivity contribution in [1.29, 1.82) is 5.26 Å². The van der Waals surface area contributed by atoms with E-state index < -0.39 is 54.0 Å². The van der Waals surface area contributed by atoms with Gasteiger partial charge in [-0.2, -0.15) is 5.26 Å². The second kappa shape index (κ2) is 16.3. The minimum atomic E-state index is -1.03. The van der Waals surface area contributed by atoms with Crippen molar-refractivity contribution in [1.82, 2.24) is 26.2 Å². The number of nitrogens with one attached hydrogen (secondary N) is 4. The average molecular weight is 558 g/mol. The van der Waals surface area contributed by atoms with Crippen molar-refractivity contribution < 1.29 is 28.4 Å². The number of hydrogen-bond acceptors (Lipinski definition) is 7. The Morgan fingerprint density at radius 3 is 2.38 bits per heavy atom. The number of halogens is 1. The molecule has 0 fully saturated rings. The smallest absolute Gasteiger partial charge is 0.251 e. The van der Waals surface area contributed by atoms with Gasteiger partial charge < -0.3 is 31.9 Å². The zero-order valence-corrected chi connectivity index (χ0v) is 23.0. The predicted molar refractivity (Wildman–Crippen MR) is 145 cm³/mol. The summed E-state index contributed by atoms with van der Waals surface area (Å²) in [6.45, 7) is 8.34. The summed E-state index contributed by atoms with van der Waals surface area (Å²) in [6.07, 6.45) is 3.19. The van der Waals surface area contributed by atoms with E-state index in [-0.39, 0.29) is 36.4 Å². The molecule has 12 nitrogen and oxygen atoms in total. The van der Waals surface area contributed by atoms with E-state index in [9.17, 15) is 28.4 Å². The fourth-order valence-electron chi connectivity index (χ4n) is 3.49. The fourth-order valence-corrected chi connectivity index (χ4v) is 3.49. The van der Waals surface area contributed by atoms with Crippen LogP contribution in [0.15, 0.2) is 42.8 Å². The summed E-state index contributed by atoms with van der Waals surface area (Å²) >= 11 is 0. The van der Waals surface area contributed by atoms with Gasteiger partial charge in [0.2, 0.25) is 23.6 Å². The number of nitriles is 1. The predicted octanol–water partition coefficient (Wildman–Crippen LogP) is 0.414. The summed E-state index contributed by atoms with van der Waals surface area (Å²) in [7, 11) is 1.72. The molecule has 0 spiro atoms. The van der Waals surface area contributed by atoms with Crippen LogP contribution in [0.4, 0.5) is 4.39 Å². The maximum absolute atomic E-state index is 13.6. The van der Waals surface area contributed by atoms with Crippen LogP contribution in [-0.2, 0) is 19.2 Å². The first-order valence-corrected chi connectivity index (χ1v) is 12.5. The number of hydrogen-bond donors (Lipinski definition) is 5. The standard InChI is InChI=1S/C27H36FN7O5/c1-6-19(35(5)7-2)13-21(26(39)32-15-22(30)36)33-23(37)10-11-31-27(40)24(16(3)4)34-25(38)17-8-9-20(28)18(12-17)14-29/h6-9,12,16,21,24H,2,10-11,13,15H2,1,3-5H3,(H2,30,36)(H,31,40)(H,32,39)(H,33,37)(H,34,38)/b19-6-/t21-,24-/m0/s1. The number of nitrogens with zero attached hydrogens (tertiary/aromatic N) is 2. The molecule has 13 heteroatoms. The molecular formula is C27H36FN7O5. The highest BCUT2D eigenvalue weighted by Gasteiger charge is 2.26. The maximum atomic E-state index is 13.6. The van der Waals surface area contributed by atoms with Crippen LogP contribution in [0.1, 0.15) is 49.5 Å². The third-order valence-corrected chi connectivity index (χ3v) is 5.80. The van der Waals surface area contributed by atoms with Crippen molar-refractivity contribution in [2.75, 3.05) is 20.1 Å². The van der Waals surface area contributed by atoms with Crippen molar-refractivity contribution in [3.63, 3.8) is 0 Å². The minimum Gasteiger partial charge on any atom is -0.368 e. The molecule has 0 saturated heterocycles. The molecule has 0 saturated carbocycles. The van der Waals surface area contributed by atoms with Gasteiger partial charge in [-0.15, -0.1) is 0 Å². The van der Waals surface area contributed by atoms with Gasteiger partial charge in [-0.1, -0.05) is 26.5 Å². The van der Waals surface area contributed by atoms with Gasteiger partial charge in [0.05, 0.1) is 12.1 Å². The largest absolute Gasteiger partial charge is 0.368 e. The lowest BCUT2D eigenvalue weighted by Crippen LogP contribution is -2.51. The summed E-state index contributed by atoms with van der Waals surface area (Å²) in [5, 5.41) is 19.1. The second-order valence-corrected chi connectivity index (χ2v) is 9.12. The Morgan fingerprint density at radius 2 is 1.82 bits per heavy atom. The fraction of sp³-hybridized carbons (Fsp3) is 0.407. The first-order valence-electron chi connectivity index (χ1n) is 12.5. The van der Waals surface area contributed by atoms with Gasteiger partial charge in [-0.3, -0.25) is 24.0 Å². The Morgan fingerprint density at radius 1 is 1.15 bits per heavy atom. The van der Waals surface area contributed by atoms with Gasteiger partial charge in [0.25, 0.3) is 5.91 Å². The molecule has 6 N–H and O–H groups in total. The number of amides is 5. The van der Waals surface area contributed by atoms with E-state index in [0.29, 0.717) is 5.70 Å². The van der Waals surface area contributed by atoms with Crippen molar-refractivity contribution in [2.24, 2.45) is 11.7 Å². The van der Waals surface area contributed by atoms with Gasteiger partial charge in [-0.05, 0) is 37.2 Å². The number of allylic oxidation sites excluding steroid dienone is 1. The van der Waals surface area contributed by atoms with E-state index in [1.807, 2.05) is 0 Å². The molecule has 0 radical (unpaired) electrons. The lowest BCUT2D eigenvalue weighted by Gasteiger charge is -2.24. The molecule has 0 aliphatic rings. The SMILES string of the molecule is C=CN(C)/C(=C\C)C[C@H](NC(=O)CCNC(=O)[C@@H](NC(=O)c1ccc(F)c(C#N)c1)C(C)C)C(=O)NCC(N)=O. The summed E-state index contributed by atoms with van der Waals surface area (Å²) in [4.78, 5) is 63.4. The molecule has 0 aliphatic heterocycles. The highest BCUT2D eigenvalue weighted by atomic mass is 19.1. The van der Waals surface area contributed by atoms with Gasteiger partial charge in [0, 0.05) is 37.7 Å². The number of nitrogens with two attached hydrogens (primary N) is 1. The Balaban J connectivity index is 2.81. The van der Waals surface area contributed by atoms with Crippen LogP contribution in [-0.4, -0.2) is 66.7 Å². The third-order valence-electron chi connectivity index (χ3n) is 5.80. The van der Waals surface area contributed by atoms with Crippen LogP contribution in [0.25, 0.3) is 0 Å². The van der Waals surface area contributed by atoms with Crippen molar-refractivity contribution in [2.45, 2.75) is 45.7 Å². The number of primary amides is 1. The molecule has 2 atom stereocenters. The van der Waals surface area contributed by atoms with E-state index >= 15 is 0 Å². The van der Waals surface area contributed by atoms with Crippen LogP contribution in [0.5, 0.6) is 0 Å². The normalized spacial score (nSPS) is 12.4. The summed E-state index contributed by atoms with van der Waals surface area (Å²) in [5.41, 5.74) is 5.49. The van der Waals surface area contributed by atoms with E-state index in [1.165, 1.54) is 12.3 Å². The molecule has 0 aromatic heterocycles. The van der Waals surface area contributed by atoms with E-state index in [4.69, 9.17) is 11.0 Å². The van der Waals surface area contributed by atoms with Gasteiger partial charge >= 0.3 is 0 Å². The van der Waals surface area contributed by atoms with Crippen molar-refractivity contribution in [3.8, 4) is 6.07 Å². The van der Waals surface area contributed by atoms with Gasteiger partial charge in [0.15, 0.2) is 0 Å². The highest BCUT2D eigenvalue weighted by molar-refractivity contribution is 5.98. The summed E-state index contributed by atoms with van der Waals surface area (Å²) in [5.74, 6) is -4.23. The quantitative estimate of drug-likeness (QED) is 0.207. The topological polar surface area (TPSA) is 187 Å². The van der Waals surface area contributed by atoms with Gasteiger partial charge in [0.1, 0.15) is 24.0 Å². The lowest BCUT2D eigenvalue weighted by atomic mass is 10.0. The zero-order chi connectivity index (χ0) is 30.4. The van der Waals surface area contributed by atoms with Crippen molar-refractivity contribution >= 4 is 29.5 Å². The van der Waals surface area contributed by atoms with Crippen LogP contribution < -0.4 is 27.0 Å². The highest BCUT2D eigenvalue weighted by Crippen LogP contribution is 2.12. The third kappa shape index (κ3) is 10.6. The van der Waals surface area contributed by atoms with Crippen molar-refractivity contribution in [3.05, 3.63) is 59.7 Å². The lowest BCUT2D eigenvalue weighted by molar-refractivity contribution is -0.130. The molecule has 0 bridgehead atoms. The molecule has 0 aliphatic carbocycles. The molecule has 1 aromatic carbocycles. The first kappa shape index (κ1) is 33.3. The molecule has 1 aromatic rings. The zero-order valence-electron chi connectivity index (χ0n) is 23.0.